The van der Waals surface area contributed by atoms with Gasteiger partial charge in [-0.25, -0.2) is 4.98 Å². The number of hydrogen-bond acceptors (Lipinski definition) is 5. The average molecular weight is 412 g/mol. The zero-order valence-corrected chi connectivity index (χ0v) is 16.6. The number of rotatable bonds is 6. The molecule has 3 rings (SSSR count). The van der Waals surface area contributed by atoms with Gasteiger partial charge in [0, 0.05) is 11.6 Å². The fraction of sp³-hybridized carbons (Fsp3) is 0.389. The fourth-order valence-corrected chi connectivity index (χ4v) is 4.09. The van der Waals surface area contributed by atoms with Crippen molar-refractivity contribution in [3.05, 3.63) is 45.4 Å². The van der Waals surface area contributed by atoms with Crippen LogP contribution in [0.25, 0.3) is 0 Å². The Bertz CT molecular complexity index is 796. The minimum absolute atomic E-state index is 0.0875. The van der Waals surface area contributed by atoms with E-state index in [-0.39, 0.29) is 11.8 Å². The highest BCUT2D eigenvalue weighted by molar-refractivity contribution is 7.13. The zero-order chi connectivity index (χ0) is 18.5. The Morgan fingerprint density at radius 3 is 3.00 bits per heavy atom. The van der Waals surface area contributed by atoms with Crippen LogP contribution in [0.2, 0.25) is 10.0 Å². The second kappa shape index (κ2) is 8.84. The van der Waals surface area contributed by atoms with Crippen molar-refractivity contribution in [1.29, 1.82) is 0 Å². The predicted molar refractivity (Wildman–Crippen MR) is 106 cm³/mol. The monoisotopic (exact) mass is 411 g/mol. The van der Waals surface area contributed by atoms with Gasteiger partial charge < -0.3 is 10.2 Å². The van der Waals surface area contributed by atoms with Crippen molar-refractivity contribution in [2.75, 3.05) is 12.4 Å². The molecule has 1 aromatic heterocycles. The molecule has 1 heterocycles. The molecule has 0 radical (unpaired) electrons. The van der Waals surface area contributed by atoms with Crippen molar-refractivity contribution in [3.8, 4) is 0 Å². The Labute approximate surface area is 166 Å². The van der Waals surface area contributed by atoms with Crippen molar-refractivity contribution < 1.29 is 9.63 Å². The molecule has 1 amide bonds. The lowest BCUT2D eigenvalue weighted by molar-refractivity contribution is -0.118. The van der Waals surface area contributed by atoms with Crippen LogP contribution in [0, 0.1) is 5.92 Å². The summed E-state index contributed by atoms with van der Waals surface area (Å²) in [7, 11) is 1.56. The molecular formula is C18H19Cl2N3O2S. The molecule has 0 bridgehead atoms. The first-order valence-electron chi connectivity index (χ1n) is 8.31. The van der Waals surface area contributed by atoms with Gasteiger partial charge in [-0.1, -0.05) is 34.4 Å². The van der Waals surface area contributed by atoms with Crippen molar-refractivity contribution >= 4 is 51.3 Å². The molecule has 1 N–H and O–H groups in total. The first-order valence-corrected chi connectivity index (χ1v) is 9.94. The Balaban J connectivity index is 1.80. The molecular weight excluding hydrogens is 393 g/mol. The molecule has 5 nitrogen and oxygen atoms in total. The van der Waals surface area contributed by atoms with E-state index in [1.54, 1.807) is 25.4 Å². The first-order chi connectivity index (χ1) is 12.6. The van der Waals surface area contributed by atoms with Gasteiger partial charge in [0.25, 0.3) is 0 Å². The second-order valence-corrected chi connectivity index (χ2v) is 7.95. The zero-order valence-electron chi connectivity index (χ0n) is 14.2. The van der Waals surface area contributed by atoms with E-state index in [0.717, 1.165) is 30.5 Å². The number of thiazole rings is 1. The van der Waals surface area contributed by atoms with Gasteiger partial charge in [-0.2, -0.15) is 0 Å². The summed E-state index contributed by atoms with van der Waals surface area (Å²) in [6.07, 6.45) is 5.11. The Morgan fingerprint density at radius 1 is 1.46 bits per heavy atom. The Hall–Kier alpha value is -1.63. The van der Waals surface area contributed by atoms with Gasteiger partial charge in [-0.3, -0.25) is 4.79 Å². The van der Waals surface area contributed by atoms with Crippen LogP contribution in [0.1, 0.15) is 37.2 Å². The molecule has 2 aromatic rings. The summed E-state index contributed by atoms with van der Waals surface area (Å²) in [5.74, 6) is -0.0542. The van der Waals surface area contributed by atoms with Crippen LogP contribution in [0.15, 0.2) is 34.9 Å². The average Bonchev–Trinajstić information content (AvgIpc) is 3.27. The summed E-state index contributed by atoms with van der Waals surface area (Å²) in [5, 5.41) is 10.3. The van der Waals surface area contributed by atoms with E-state index >= 15 is 0 Å². The third kappa shape index (κ3) is 4.75. The standard InChI is InChI=1S/C18H19Cl2N3O2S/c1-25-23-13-4-2-11(8-13)9-14(12-3-5-15(19)16(20)10-12)17(24)22-18-21-6-7-26-18/h3,5-7,10-11,14H,2,4,8-9H2,1H3,(H,21,22,24)/b23-13-. The number of halogens is 2. The molecule has 1 aliphatic rings. The molecule has 0 aliphatic heterocycles. The maximum atomic E-state index is 12.9. The highest BCUT2D eigenvalue weighted by atomic mass is 35.5. The van der Waals surface area contributed by atoms with Crippen molar-refractivity contribution in [1.82, 2.24) is 4.98 Å². The van der Waals surface area contributed by atoms with Crippen LogP contribution in [-0.2, 0) is 9.63 Å². The number of benzene rings is 1. The number of carbonyl (C=O) groups excluding carboxylic acids is 1. The molecule has 1 fully saturated rings. The van der Waals surface area contributed by atoms with Crippen molar-refractivity contribution in [3.63, 3.8) is 0 Å². The minimum atomic E-state index is -0.333. The normalized spacial score (nSPS) is 19.5. The third-order valence-corrected chi connectivity index (χ3v) is 5.91. The van der Waals surface area contributed by atoms with E-state index in [1.165, 1.54) is 11.3 Å². The van der Waals surface area contributed by atoms with Crippen molar-refractivity contribution in [2.24, 2.45) is 11.1 Å². The number of hydrogen-bond donors (Lipinski definition) is 1. The van der Waals surface area contributed by atoms with Gasteiger partial charge in [-0.15, -0.1) is 11.3 Å². The number of oxime groups is 1. The Morgan fingerprint density at radius 2 is 2.31 bits per heavy atom. The van der Waals surface area contributed by atoms with Crippen LogP contribution in [0.3, 0.4) is 0 Å². The molecule has 0 spiro atoms. The van der Waals surface area contributed by atoms with E-state index in [2.05, 4.69) is 15.5 Å². The number of aromatic nitrogens is 1. The third-order valence-electron chi connectivity index (χ3n) is 4.48. The molecule has 2 unspecified atom stereocenters. The molecule has 138 valence electrons. The lowest BCUT2D eigenvalue weighted by Crippen LogP contribution is -2.23. The van der Waals surface area contributed by atoms with Gasteiger partial charge in [-0.05, 0) is 49.3 Å². The largest absolute Gasteiger partial charge is 0.399 e. The van der Waals surface area contributed by atoms with Crippen molar-refractivity contribution in [2.45, 2.75) is 31.6 Å². The van der Waals surface area contributed by atoms with E-state index in [1.807, 2.05) is 11.4 Å². The quantitative estimate of drug-likeness (QED) is 0.650. The summed E-state index contributed by atoms with van der Waals surface area (Å²) in [4.78, 5) is 21.9. The van der Waals surface area contributed by atoms with Gasteiger partial charge in [0.2, 0.25) is 5.91 Å². The first kappa shape index (κ1) is 19.1. The van der Waals surface area contributed by atoms with Gasteiger partial charge in [0.15, 0.2) is 5.13 Å². The molecule has 1 saturated carbocycles. The lowest BCUT2D eigenvalue weighted by atomic mass is 9.87. The molecule has 1 aliphatic carbocycles. The SMILES string of the molecule is CO/N=C1/CCC(CC(C(=O)Nc2nccs2)c2ccc(Cl)c(Cl)c2)C1. The number of nitrogens with one attached hydrogen (secondary N) is 1. The molecule has 26 heavy (non-hydrogen) atoms. The fourth-order valence-electron chi connectivity index (χ4n) is 3.26. The summed E-state index contributed by atoms with van der Waals surface area (Å²) in [5.41, 5.74) is 1.90. The summed E-state index contributed by atoms with van der Waals surface area (Å²) < 4.78 is 0. The van der Waals surface area contributed by atoms with E-state index in [4.69, 9.17) is 28.0 Å². The summed E-state index contributed by atoms with van der Waals surface area (Å²) >= 11 is 13.6. The predicted octanol–water partition coefficient (Wildman–Crippen LogP) is 5.36. The molecule has 2 atom stereocenters. The van der Waals surface area contributed by atoms with E-state index in [9.17, 15) is 4.79 Å². The number of anilines is 1. The Kier molecular flexibility index (Phi) is 6.51. The second-order valence-electron chi connectivity index (χ2n) is 6.24. The van der Waals surface area contributed by atoms with Gasteiger partial charge >= 0.3 is 0 Å². The topological polar surface area (TPSA) is 63.6 Å². The number of amides is 1. The molecule has 0 saturated heterocycles. The van der Waals surface area contributed by atoms with Crippen LogP contribution in [0.5, 0.6) is 0 Å². The lowest BCUT2D eigenvalue weighted by Gasteiger charge is -2.20. The highest BCUT2D eigenvalue weighted by Crippen LogP contribution is 2.36. The molecule has 8 heteroatoms. The van der Waals surface area contributed by atoms with Crippen LogP contribution >= 0.6 is 34.5 Å². The summed E-state index contributed by atoms with van der Waals surface area (Å²) in [6.45, 7) is 0. The van der Waals surface area contributed by atoms with Crippen LogP contribution in [-0.4, -0.2) is 23.7 Å². The van der Waals surface area contributed by atoms with E-state index in [0.29, 0.717) is 27.5 Å². The van der Waals surface area contributed by atoms with Crippen LogP contribution < -0.4 is 5.32 Å². The highest BCUT2D eigenvalue weighted by Gasteiger charge is 2.29. The minimum Gasteiger partial charge on any atom is -0.399 e. The smallest absolute Gasteiger partial charge is 0.233 e. The van der Waals surface area contributed by atoms with Gasteiger partial charge in [0.05, 0.1) is 21.7 Å². The molecule has 1 aromatic carbocycles. The number of nitrogens with zero attached hydrogens (tertiary/aromatic N) is 2. The van der Waals surface area contributed by atoms with Crippen LogP contribution in [0.4, 0.5) is 5.13 Å². The maximum absolute atomic E-state index is 12.9. The van der Waals surface area contributed by atoms with E-state index < -0.39 is 0 Å². The maximum Gasteiger partial charge on any atom is 0.233 e. The van der Waals surface area contributed by atoms with Gasteiger partial charge in [0.1, 0.15) is 7.11 Å². The number of carbonyl (C=O) groups is 1. The summed E-state index contributed by atoms with van der Waals surface area (Å²) in [6, 6.07) is 5.36.